The summed E-state index contributed by atoms with van der Waals surface area (Å²) in [4.78, 5) is 0. The second-order valence-corrected chi connectivity index (χ2v) is 8.64. The van der Waals surface area contributed by atoms with Gasteiger partial charge in [0.2, 0.25) is 0 Å². The SMILES string of the molecule is Cc1cc(C)c(CC2(O)C3(C)CCC(C3)C2(C)C)c(C)c1. The van der Waals surface area contributed by atoms with Crippen molar-refractivity contribution >= 4 is 0 Å². The highest BCUT2D eigenvalue weighted by Gasteiger charge is 2.68. The zero-order valence-electron chi connectivity index (χ0n) is 14.5. The normalized spacial score (nSPS) is 37.2. The Morgan fingerprint density at radius 2 is 1.67 bits per heavy atom. The van der Waals surface area contributed by atoms with E-state index in [1.54, 1.807) is 0 Å². The summed E-state index contributed by atoms with van der Waals surface area (Å²) in [6.07, 6.45) is 4.48. The molecule has 0 aliphatic heterocycles. The highest BCUT2D eigenvalue weighted by Crippen LogP contribution is 2.68. The lowest BCUT2D eigenvalue weighted by Gasteiger charge is -2.51. The van der Waals surface area contributed by atoms with E-state index in [9.17, 15) is 5.11 Å². The van der Waals surface area contributed by atoms with Gasteiger partial charge in [0.25, 0.3) is 0 Å². The van der Waals surface area contributed by atoms with Crippen molar-refractivity contribution in [3.05, 3.63) is 34.4 Å². The van der Waals surface area contributed by atoms with Crippen LogP contribution < -0.4 is 0 Å². The molecule has 21 heavy (non-hydrogen) atoms. The predicted molar refractivity (Wildman–Crippen MR) is 88.5 cm³/mol. The Hall–Kier alpha value is -0.820. The van der Waals surface area contributed by atoms with Gasteiger partial charge in [-0.25, -0.2) is 0 Å². The summed E-state index contributed by atoms with van der Waals surface area (Å²) in [5, 5.41) is 11.7. The summed E-state index contributed by atoms with van der Waals surface area (Å²) in [6, 6.07) is 4.52. The largest absolute Gasteiger partial charge is 0.388 e. The fourth-order valence-electron chi connectivity index (χ4n) is 5.53. The number of hydrogen-bond donors (Lipinski definition) is 1. The zero-order valence-corrected chi connectivity index (χ0v) is 14.5. The Balaban J connectivity index is 2.05. The van der Waals surface area contributed by atoms with Gasteiger partial charge in [0, 0.05) is 6.42 Å². The molecular formula is C20H30O. The van der Waals surface area contributed by atoms with E-state index >= 15 is 0 Å². The minimum Gasteiger partial charge on any atom is -0.388 e. The monoisotopic (exact) mass is 286 g/mol. The fourth-order valence-corrected chi connectivity index (χ4v) is 5.53. The van der Waals surface area contributed by atoms with Gasteiger partial charge >= 0.3 is 0 Å². The zero-order chi connectivity index (χ0) is 15.6. The Bertz CT molecular complexity index is 556. The lowest BCUT2D eigenvalue weighted by Crippen LogP contribution is -2.55. The van der Waals surface area contributed by atoms with Crippen LogP contribution in [-0.4, -0.2) is 10.7 Å². The van der Waals surface area contributed by atoms with Crippen LogP contribution in [0.2, 0.25) is 0 Å². The first kappa shape index (κ1) is 15.1. The van der Waals surface area contributed by atoms with Crippen LogP contribution in [0.25, 0.3) is 0 Å². The van der Waals surface area contributed by atoms with E-state index in [4.69, 9.17) is 0 Å². The van der Waals surface area contributed by atoms with E-state index < -0.39 is 5.60 Å². The topological polar surface area (TPSA) is 20.2 Å². The molecule has 3 unspecified atom stereocenters. The highest BCUT2D eigenvalue weighted by molar-refractivity contribution is 5.40. The predicted octanol–water partition coefficient (Wildman–Crippen LogP) is 4.73. The van der Waals surface area contributed by atoms with Gasteiger partial charge in [-0.1, -0.05) is 38.5 Å². The van der Waals surface area contributed by atoms with E-state index in [2.05, 4.69) is 53.7 Å². The second-order valence-electron chi connectivity index (χ2n) is 8.64. The molecular weight excluding hydrogens is 256 g/mol. The molecule has 2 aliphatic carbocycles. The number of aliphatic hydroxyl groups is 1. The summed E-state index contributed by atoms with van der Waals surface area (Å²) < 4.78 is 0. The maximum Gasteiger partial charge on any atom is 0.0794 e. The quantitative estimate of drug-likeness (QED) is 0.833. The van der Waals surface area contributed by atoms with Crippen molar-refractivity contribution in [3.8, 4) is 0 Å². The van der Waals surface area contributed by atoms with Crippen LogP contribution in [0.5, 0.6) is 0 Å². The Kier molecular flexibility index (Phi) is 3.12. The molecule has 0 spiro atoms. The number of benzene rings is 1. The van der Waals surface area contributed by atoms with Gasteiger partial charge < -0.3 is 5.11 Å². The van der Waals surface area contributed by atoms with Gasteiger partial charge in [-0.3, -0.25) is 0 Å². The van der Waals surface area contributed by atoms with Crippen molar-refractivity contribution in [2.75, 3.05) is 0 Å². The van der Waals surface area contributed by atoms with Crippen LogP contribution in [-0.2, 0) is 6.42 Å². The molecule has 2 fully saturated rings. The van der Waals surface area contributed by atoms with Crippen molar-refractivity contribution < 1.29 is 5.11 Å². The molecule has 2 saturated carbocycles. The van der Waals surface area contributed by atoms with Crippen molar-refractivity contribution in [2.45, 2.75) is 72.8 Å². The van der Waals surface area contributed by atoms with Crippen LogP contribution in [0.1, 0.15) is 62.3 Å². The number of fused-ring (bicyclic) bond motifs is 2. The van der Waals surface area contributed by atoms with Crippen molar-refractivity contribution in [3.63, 3.8) is 0 Å². The molecule has 3 atom stereocenters. The molecule has 1 nitrogen and oxygen atoms in total. The number of aryl methyl sites for hydroxylation is 3. The molecule has 3 rings (SSSR count). The minimum atomic E-state index is -0.576. The molecule has 0 saturated heterocycles. The Labute approximate surface area is 129 Å². The van der Waals surface area contributed by atoms with E-state index in [1.165, 1.54) is 41.5 Å². The maximum atomic E-state index is 11.7. The third-order valence-corrected chi connectivity index (χ3v) is 7.10. The van der Waals surface area contributed by atoms with Crippen molar-refractivity contribution in [2.24, 2.45) is 16.7 Å². The summed E-state index contributed by atoms with van der Waals surface area (Å²) >= 11 is 0. The van der Waals surface area contributed by atoms with Crippen molar-refractivity contribution in [1.82, 2.24) is 0 Å². The van der Waals surface area contributed by atoms with Gasteiger partial charge in [-0.2, -0.15) is 0 Å². The molecule has 1 heteroatoms. The average Bonchev–Trinajstić information content (AvgIpc) is 2.82. The maximum absolute atomic E-state index is 11.7. The van der Waals surface area contributed by atoms with E-state index in [0.717, 1.165) is 6.42 Å². The third-order valence-electron chi connectivity index (χ3n) is 7.10. The molecule has 1 aromatic rings. The van der Waals surface area contributed by atoms with Gasteiger partial charge in [0.1, 0.15) is 0 Å². The first-order chi connectivity index (χ1) is 9.61. The number of hydrogen-bond acceptors (Lipinski definition) is 1. The summed E-state index contributed by atoms with van der Waals surface area (Å²) in [6.45, 7) is 13.5. The first-order valence-electron chi connectivity index (χ1n) is 8.40. The molecule has 1 aromatic carbocycles. The lowest BCUT2D eigenvalue weighted by molar-refractivity contribution is -0.142. The summed E-state index contributed by atoms with van der Waals surface area (Å²) in [5.41, 5.74) is 4.89. The smallest absolute Gasteiger partial charge is 0.0794 e. The third kappa shape index (κ3) is 1.86. The van der Waals surface area contributed by atoms with Crippen LogP contribution >= 0.6 is 0 Å². The molecule has 116 valence electrons. The van der Waals surface area contributed by atoms with E-state index in [-0.39, 0.29) is 10.8 Å². The molecule has 1 N–H and O–H groups in total. The van der Waals surface area contributed by atoms with Crippen LogP contribution in [0.15, 0.2) is 12.1 Å². The van der Waals surface area contributed by atoms with Crippen LogP contribution in [0.4, 0.5) is 0 Å². The van der Waals surface area contributed by atoms with Gasteiger partial charge in [-0.15, -0.1) is 0 Å². The first-order valence-corrected chi connectivity index (χ1v) is 8.40. The fraction of sp³-hybridized carbons (Fsp3) is 0.700. The lowest BCUT2D eigenvalue weighted by atomic mass is 9.58. The molecule has 0 amide bonds. The molecule has 0 radical (unpaired) electrons. The standard InChI is InChI=1S/C20H30O/c1-13-9-14(2)17(15(3)10-13)12-20(21)18(4,5)16-7-8-19(20,6)11-16/h9-10,16,21H,7-8,11-12H2,1-6H3. The summed E-state index contributed by atoms with van der Waals surface area (Å²) in [7, 11) is 0. The molecule has 2 bridgehead atoms. The molecule has 0 aromatic heterocycles. The second kappa shape index (κ2) is 4.35. The number of rotatable bonds is 2. The van der Waals surface area contributed by atoms with Gasteiger partial charge in [0.15, 0.2) is 0 Å². The van der Waals surface area contributed by atoms with Gasteiger partial charge in [-0.05, 0) is 73.5 Å². The molecule has 2 aliphatic rings. The van der Waals surface area contributed by atoms with E-state index in [1.807, 2.05) is 0 Å². The van der Waals surface area contributed by atoms with Crippen molar-refractivity contribution in [1.29, 1.82) is 0 Å². The van der Waals surface area contributed by atoms with Crippen LogP contribution in [0, 0.1) is 37.5 Å². The van der Waals surface area contributed by atoms with Crippen LogP contribution in [0.3, 0.4) is 0 Å². The Morgan fingerprint density at radius 3 is 2.14 bits per heavy atom. The Morgan fingerprint density at radius 1 is 1.10 bits per heavy atom. The minimum absolute atomic E-state index is 0.0176. The summed E-state index contributed by atoms with van der Waals surface area (Å²) in [5.74, 6) is 0.679. The molecule has 0 heterocycles. The van der Waals surface area contributed by atoms with Gasteiger partial charge in [0.05, 0.1) is 5.60 Å². The average molecular weight is 286 g/mol. The van der Waals surface area contributed by atoms with E-state index in [0.29, 0.717) is 5.92 Å². The highest BCUT2D eigenvalue weighted by atomic mass is 16.3.